The molecular formula is C11H9NO. The van der Waals surface area contributed by atoms with Gasteiger partial charge in [-0.2, -0.15) is 5.26 Å². The molecule has 1 rings (SSSR count). The maximum Gasteiger partial charge on any atom is 0.118 e. The van der Waals surface area contributed by atoms with E-state index in [1.807, 2.05) is 13.0 Å². The van der Waals surface area contributed by atoms with Crippen molar-refractivity contribution in [2.24, 2.45) is 0 Å². The normalized spacial score (nSPS) is 8.31. The molecule has 0 spiro atoms. The molecule has 0 aliphatic heterocycles. The third-order valence-corrected chi connectivity index (χ3v) is 1.60. The van der Waals surface area contributed by atoms with E-state index in [1.54, 1.807) is 18.2 Å². The van der Waals surface area contributed by atoms with E-state index in [2.05, 4.69) is 11.8 Å². The zero-order valence-corrected chi connectivity index (χ0v) is 7.33. The minimum Gasteiger partial charge on any atom is -0.508 e. The molecule has 0 fully saturated rings. The van der Waals surface area contributed by atoms with Crippen LogP contribution < -0.4 is 0 Å². The Kier molecular flexibility index (Phi) is 2.95. The minimum absolute atomic E-state index is 0.236. The quantitative estimate of drug-likeness (QED) is 0.606. The van der Waals surface area contributed by atoms with Crippen LogP contribution in [0.3, 0.4) is 0 Å². The Hall–Kier alpha value is -1.93. The molecule has 1 N–H and O–H groups in total. The fraction of sp³-hybridized carbons (Fsp3) is 0.182. The van der Waals surface area contributed by atoms with Gasteiger partial charge in [0.05, 0.1) is 12.5 Å². The zero-order valence-electron chi connectivity index (χ0n) is 7.33. The van der Waals surface area contributed by atoms with Crippen molar-refractivity contribution in [1.29, 1.82) is 5.26 Å². The Balaban J connectivity index is 2.89. The predicted molar refractivity (Wildman–Crippen MR) is 50.0 cm³/mol. The Morgan fingerprint density at radius 1 is 1.46 bits per heavy atom. The van der Waals surface area contributed by atoms with E-state index in [1.165, 1.54) is 0 Å². The summed E-state index contributed by atoms with van der Waals surface area (Å²) >= 11 is 0. The van der Waals surface area contributed by atoms with Crippen molar-refractivity contribution in [2.75, 3.05) is 0 Å². The molecule has 0 saturated heterocycles. The number of phenolic OH excluding ortho intramolecular Hbond substituents is 1. The fourth-order valence-corrected chi connectivity index (χ4v) is 0.919. The van der Waals surface area contributed by atoms with Gasteiger partial charge in [0.25, 0.3) is 0 Å². The number of benzene rings is 1. The molecule has 0 aliphatic rings. The van der Waals surface area contributed by atoms with E-state index in [4.69, 9.17) is 5.26 Å². The van der Waals surface area contributed by atoms with E-state index in [-0.39, 0.29) is 12.2 Å². The first-order valence-corrected chi connectivity index (χ1v) is 3.89. The van der Waals surface area contributed by atoms with Crippen molar-refractivity contribution < 1.29 is 5.11 Å². The summed E-state index contributed by atoms with van der Waals surface area (Å²) in [6.07, 6.45) is 0.236. The summed E-state index contributed by atoms with van der Waals surface area (Å²) in [5.41, 5.74) is 1.62. The average molecular weight is 171 g/mol. The molecule has 0 saturated carbocycles. The highest BCUT2D eigenvalue weighted by atomic mass is 16.3. The monoisotopic (exact) mass is 171 g/mol. The second kappa shape index (κ2) is 4.18. The summed E-state index contributed by atoms with van der Waals surface area (Å²) in [5.74, 6) is 5.80. The maximum absolute atomic E-state index is 9.21. The standard InChI is InChI=1S/C11H9NO/c1-9-8-10(4-2-3-7-12)5-6-11(9)13/h5-6,8,13H,3H2,1H3. The first-order valence-electron chi connectivity index (χ1n) is 3.89. The van der Waals surface area contributed by atoms with E-state index in [0.29, 0.717) is 0 Å². The van der Waals surface area contributed by atoms with Gasteiger partial charge in [0.15, 0.2) is 0 Å². The van der Waals surface area contributed by atoms with E-state index < -0.39 is 0 Å². The number of aromatic hydroxyl groups is 1. The van der Waals surface area contributed by atoms with Gasteiger partial charge in [-0.1, -0.05) is 11.8 Å². The molecule has 0 aliphatic carbocycles. The highest BCUT2D eigenvalue weighted by Gasteiger charge is 1.94. The lowest BCUT2D eigenvalue weighted by Gasteiger charge is -1.97. The minimum atomic E-state index is 0.236. The topological polar surface area (TPSA) is 44.0 Å². The predicted octanol–water partition coefficient (Wildman–Crippen LogP) is 1.97. The molecule has 0 amide bonds. The Bertz CT molecular complexity index is 404. The molecule has 0 aromatic heterocycles. The van der Waals surface area contributed by atoms with Gasteiger partial charge in [-0.05, 0) is 30.7 Å². The molecule has 64 valence electrons. The molecule has 2 heteroatoms. The lowest BCUT2D eigenvalue weighted by Crippen LogP contribution is -1.78. The van der Waals surface area contributed by atoms with Gasteiger partial charge in [0.1, 0.15) is 5.75 Å². The summed E-state index contributed by atoms with van der Waals surface area (Å²) in [6, 6.07) is 7.06. The van der Waals surface area contributed by atoms with Crippen molar-refractivity contribution >= 4 is 0 Å². The van der Waals surface area contributed by atoms with Gasteiger partial charge < -0.3 is 5.11 Å². The fourth-order valence-electron chi connectivity index (χ4n) is 0.919. The molecule has 1 aromatic rings. The molecular weight excluding hydrogens is 162 g/mol. The van der Waals surface area contributed by atoms with Gasteiger partial charge in [-0.15, -0.1) is 0 Å². The second-order valence-electron chi connectivity index (χ2n) is 2.64. The van der Waals surface area contributed by atoms with Gasteiger partial charge in [0, 0.05) is 5.56 Å². The number of nitrogens with zero attached hydrogens (tertiary/aromatic N) is 1. The van der Waals surface area contributed by atoms with E-state index in [0.717, 1.165) is 11.1 Å². The van der Waals surface area contributed by atoms with Crippen LogP contribution in [0.2, 0.25) is 0 Å². The summed E-state index contributed by atoms with van der Waals surface area (Å²) in [5, 5.41) is 17.5. The van der Waals surface area contributed by atoms with Crippen LogP contribution in [-0.4, -0.2) is 5.11 Å². The van der Waals surface area contributed by atoms with Crippen molar-refractivity contribution in [3.8, 4) is 23.7 Å². The molecule has 13 heavy (non-hydrogen) atoms. The van der Waals surface area contributed by atoms with Gasteiger partial charge in [-0.3, -0.25) is 0 Å². The Morgan fingerprint density at radius 3 is 2.85 bits per heavy atom. The number of aryl methyl sites for hydroxylation is 1. The van der Waals surface area contributed by atoms with Crippen molar-refractivity contribution in [3.05, 3.63) is 29.3 Å². The molecule has 2 nitrogen and oxygen atoms in total. The number of hydrogen-bond acceptors (Lipinski definition) is 2. The van der Waals surface area contributed by atoms with Crippen LogP contribution in [0, 0.1) is 30.1 Å². The first kappa shape index (κ1) is 9.16. The SMILES string of the molecule is Cc1cc(C#CCC#N)ccc1O. The number of rotatable bonds is 0. The molecule has 0 atom stereocenters. The van der Waals surface area contributed by atoms with Crippen LogP contribution in [0.4, 0.5) is 0 Å². The lowest BCUT2D eigenvalue weighted by atomic mass is 10.1. The van der Waals surface area contributed by atoms with Gasteiger partial charge in [0.2, 0.25) is 0 Å². The molecule has 1 aromatic carbocycles. The summed E-state index contributed by atoms with van der Waals surface area (Å²) in [6.45, 7) is 1.81. The highest BCUT2D eigenvalue weighted by Crippen LogP contribution is 2.15. The van der Waals surface area contributed by atoms with Crippen LogP contribution in [0.25, 0.3) is 0 Å². The van der Waals surface area contributed by atoms with Crippen LogP contribution >= 0.6 is 0 Å². The van der Waals surface area contributed by atoms with Crippen molar-refractivity contribution in [1.82, 2.24) is 0 Å². The largest absolute Gasteiger partial charge is 0.508 e. The number of nitriles is 1. The molecule has 0 heterocycles. The van der Waals surface area contributed by atoms with Crippen LogP contribution in [-0.2, 0) is 0 Å². The van der Waals surface area contributed by atoms with Gasteiger partial charge >= 0.3 is 0 Å². The van der Waals surface area contributed by atoms with E-state index >= 15 is 0 Å². The number of phenols is 1. The van der Waals surface area contributed by atoms with Crippen LogP contribution in [0.15, 0.2) is 18.2 Å². The number of hydrogen-bond donors (Lipinski definition) is 1. The summed E-state index contributed by atoms with van der Waals surface area (Å²) in [4.78, 5) is 0. The zero-order chi connectivity index (χ0) is 9.68. The second-order valence-corrected chi connectivity index (χ2v) is 2.64. The van der Waals surface area contributed by atoms with Gasteiger partial charge in [-0.25, -0.2) is 0 Å². The Labute approximate surface area is 77.4 Å². The summed E-state index contributed by atoms with van der Waals surface area (Å²) < 4.78 is 0. The average Bonchev–Trinajstić information content (AvgIpc) is 2.12. The molecule has 0 bridgehead atoms. The maximum atomic E-state index is 9.21. The van der Waals surface area contributed by atoms with Crippen LogP contribution in [0.5, 0.6) is 5.75 Å². The lowest BCUT2D eigenvalue weighted by molar-refractivity contribution is 0.471. The smallest absolute Gasteiger partial charge is 0.118 e. The van der Waals surface area contributed by atoms with E-state index in [9.17, 15) is 5.11 Å². The first-order chi connectivity index (χ1) is 6.24. The molecule has 0 radical (unpaired) electrons. The molecule has 0 unspecified atom stereocenters. The third kappa shape index (κ3) is 2.54. The highest BCUT2D eigenvalue weighted by molar-refractivity contribution is 5.42. The van der Waals surface area contributed by atoms with Crippen LogP contribution in [0.1, 0.15) is 17.5 Å². The summed E-state index contributed by atoms with van der Waals surface area (Å²) in [7, 11) is 0. The Morgan fingerprint density at radius 2 is 2.23 bits per heavy atom. The van der Waals surface area contributed by atoms with Crippen molar-refractivity contribution in [2.45, 2.75) is 13.3 Å². The van der Waals surface area contributed by atoms with Crippen molar-refractivity contribution in [3.63, 3.8) is 0 Å². The third-order valence-electron chi connectivity index (χ3n) is 1.60.